The van der Waals surface area contributed by atoms with Crippen molar-refractivity contribution in [2.45, 2.75) is 57.7 Å². The summed E-state index contributed by atoms with van der Waals surface area (Å²) in [5.41, 5.74) is 0.151. The lowest BCUT2D eigenvalue weighted by Crippen LogP contribution is -2.33. The number of halogens is 1. The number of hydrogen-bond acceptors (Lipinski definition) is 6. The molecule has 8 nitrogen and oxygen atoms in total. The molecule has 1 heterocycles. The van der Waals surface area contributed by atoms with E-state index in [9.17, 15) is 9.59 Å². The lowest BCUT2D eigenvalue weighted by atomic mass is 10.1. The van der Waals surface area contributed by atoms with Gasteiger partial charge in [-0.3, -0.25) is 4.99 Å². The number of rotatable bonds is 9. The Morgan fingerprint density at radius 2 is 2.10 bits per heavy atom. The summed E-state index contributed by atoms with van der Waals surface area (Å²) in [6.07, 6.45) is 4.73. The Bertz CT molecular complexity index is 778. The van der Waals surface area contributed by atoms with Crippen LogP contribution in [0.5, 0.6) is 0 Å². The molecule has 29 heavy (non-hydrogen) atoms. The average molecular weight is 425 g/mol. The van der Waals surface area contributed by atoms with Gasteiger partial charge in [-0.2, -0.15) is 0 Å². The first-order valence-corrected chi connectivity index (χ1v) is 9.51. The van der Waals surface area contributed by atoms with Gasteiger partial charge in [0.25, 0.3) is 0 Å². The number of alkyl halides is 1. The van der Waals surface area contributed by atoms with E-state index in [1.807, 2.05) is 6.92 Å². The molecule has 1 N–H and O–H groups in total. The number of carbonyl (C=O) groups excluding carboxylic acids is 2. The van der Waals surface area contributed by atoms with Crippen molar-refractivity contribution in [3.63, 3.8) is 0 Å². The number of methoxy groups -OCH3 is 1. The predicted octanol–water partition coefficient (Wildman–Crippen LogP) is 4.02. The minimum Gasteiger partial charge on any atom is -0.464 e. The number of aliphatic imine (C=N–C) groups is 1. The third kappa shape index (κ3) is 7.73. The molecule has 0 aliphatic carbocycles. The van der Waals surface area contributed by atoms with Gasteiger partial charge >= 0.3 is 12.1 Å². The van der Waals surface area contributed by atoms with Gasteiger partial charge in [0, 0.05) is 18.3 Å². The molecule has 1 aromatic rings. The van der Waals surface area contributed by atoms with Crippen molar-refractivity contribution in [2.75, 3.05) is 7.11 Å². The average Bonchev–Trinajstić information content (AvgIpc) is 3.04. The van der Waals surface area contributed by atoms with E-state index in [4.69, 9.17) is 21.1 Å². The van der Waals surface area contributed by atoms with Crippen LogP contribution in [0.1, 0.15) is 56.5 Å². The van der Waals surface area contributed by atoms with Crippen LogP contribution < -0.4 is 5.32 Å². The Kier molecular flexibility index (Phi) is 9.10. The second kappa shape index (κ2) is 10.8. The van der Waals surface area contributed by atoms with Crippen molar-refractivity contribution < 1.29 is 19.1 Å². The molecule has 0 fully saturated rings. The summed E-state index contributed by atoms with van der Waals surface area (Å²) in [6, 6.07) is -0.310. The highest BCUT2D eigenvalue weighted by Gasteiger charge is 2.25. The minimum atomic E-state index is -0.635. The van der Waals surface area contributed by atoms with Gasteiger partial charge < -0.3 is 19.4 Å². The number of nitrogens with one attached hydrogen (secondary N) is 1. The number of ether oxygens (including phenoxy) is 2. The van der Waals surface area contributed by atoms with Gasteiger partial charge in [0.1, 0.15) is 11.4 Å². The van der Waals surface area contributed by atoms with E-state index in [0.29, 0.717) is 17.9 Å². The maximum Gasteiger partial charge on any atom is 0.408 e. The molecule has 1 amide bonds. The summed E-state index contributed by atoms with van der Waals surface area (Å²) >= 11 is 6.43. The molecule has 0 saturated carbocycles. The van der Waals surface area contributed by atoms with Gasteiger partial charge in [-0.15, -0.1) is 11.6 Å². The third-order valence-electron chi connectivity index (χ3n) is 3.81. The summed E-state index contributed by atoms with van der Waals surface area (Å²) in [4.78, 5) is 32.3. The van der Waals surface area contributed by atoms with Crippen LogP contribution in [-0.4, -0.2) is 46.4 Å². The number of aromatic nitrogens is 2. The van der Waals surface area contributed by atoms with Crippen LogP contribution in [0.3, 0.4) is 0 Å². The molecule has 1 rings (SSSR count). The highest BCUT2D eigenvalue weighted by atomic mass is 35.5. The third-order valence-corrected chi connectivity index (χ3v) is 4.10. The highest BCUT2D eigenvalue weighted by molar-refractivity contribution is 6.20. The first-order valence-electron chi connectivity index (χ1n) is 9.07. The van der Waals surface area contributed by atoms with Crippen molar-refractivity contribution in [1.29, 1.82) is 0 Å². The molecule has 160 valence electrons. The van der Waals surface area contributed by atoms with Crippen LogP contribution in [0.4, 0.5) is 4.79 Å². The second-order valence-corrected chi connectivity index (χ2v) is 7.99. The Morgan fingerprint density at radius 3 is 2.59 bits per heavy atom. The van der Waals surface area contributed by atoms with Gasteiger partial charge in [0.15, 0.2) is 5.69 Å². The predicted molar refractivity (Wildman–Crippen MR) is 113 cm³/mol. The van der Waals surface area contributed by atoms with Gasteiger partial charge in [-0.25, -0.2) is 14.6 Å². The second-order valence-electron chi connectivity index (χ2n) is 7.30. The van der Waals surface area contributed by atoms with Gasteiger partial charge in [0.05, 0.1) is 25.1 Å². The number of hydrogen-bond donors (Lipinski definition) is 1. The molecule has 9 heteroatoms. The number of esters is 1. The number of nitrogens with zero attached hydrogens (tertiary/aromatic N) is 3. The molecule has 1 aromatic heterocycles. The lowest BCUT2D eigenvalue weighted by Gasteiger charge is -2.24. The fraction of sp³-hybridized carbons (Fsp3) is 0.500. The topological polar surface area (TPSA) is 94.8 Å². The monoisotopic (exact) mass is 424 g/mol. The molecular weight excluding hydrogens is 396 g/mol. The van der Waals surface area contributed by atoms with E-state index in [2.05, 4.69) is 28.6 Å². The van der Waals surface area contributed by atoms with E-state index in [-0.39, 0.29) is 23.7 Å². The molecule has 0 aromatic carbocycles. The van der Waals surface area contributed by atoms with E-state index in [0.717, 1.165) is 0 Å². The van der Waals surface area contributed by atoms with Crippen LogP contribution in [-0.2, 0) is 16.0 Å². The van der Waals surface area contributed by atoms with E-state index in [1.54, 1.807) is 43.7 Å². The van der Waals surface area contributed by atoms with Crippen molar-refractivity contribution in [2.24, 2.45) is 4.99 Å². The number of alkyl carbamates (subject to hydrolysis) is 1. The quantitative estimate of drug-likeness (QED) is 0.279. The fourth-order valence-corrected chi connectivity index (χ4v) is 2.75. The summed E-state index contributed by atoms with van der Waals surface area (Å²) in [5, 5.41) is 2.30. The zero-order valence-electron chi connectivity index (χ0n) is 17.6. The zero-order valence-corrected chi connectivity index (χ0v) is 18.3. The van der Waals surface area contributed by atoms with Gasteiger partial charge in [-0.1, -0.05) is 12.7 Å². The van der Waals surface area contributed by atoms with Crippen molar-refractivity contribution >= 4 is 30.4 Å². The number of carbonyl (C=O) groups is 2. The zero-order chi connectivity index (χ0) is 22.2. The Morgan fingerprint density at radius 1 is 1.45 bits per heavy atom. The number of amides is 1. The Hall–Kier alpha value is -2.61. The molecule has 1 unspecified atom stereocenters. The molecule has 0 spiro atoms. The molecule has 0 radical (unpaired) electrons. The number of imidazole rings is 1. The summed E-state index contributed by atoms with van der Waals surface area (Å²) < 4.78 is 11.8. The first kappa shape index (κ1) is 24.4. The smallest absolute Gasteiger partial charge is 0.408 e. The van der Waals surface area contributed by atoms with Gasteiger partial charge in [0.2, 0.25) is 0 Å². The van der Waals surface area contributed by atoms with E-state index >= 15 is 0 Å². The summed E-state index contributed by atoms with van der Waals surface area (Å²) in [5.74, 6) is -0.164. The largest absolute Gasteiger partial charge is 0.464 e. The van der Waals surface area contributed by atoms with Crippen molar-refractivity contribution in [1.82, 2.24) is 14.9 Å². The normalized spacial score (nSPS) is 13.9. The minimum absolute atomic E-state index is 0.0358. The maximum atomic E-state index is 12.0. The van der Waals surface area contributed by atoms with Crippen LogP contribution in [0.2, 0.25) is 0 Å². The molecule has 0 aliphatic rings. The van der Waals surface area contributed by atoms with Crippen LogP contribution >= 0.6 is 11.6 Å². The first-order chi connectivity index (χ1) is 13.5. The highest BCUT2D eigenvalue weighted by Crippen LogP contribution is 2.27. The van der Waals surface area contributed by atoms with E-state index < -0.39 is 17.7 Å². The Balaban J connectivity index is 3.23. The standard InChI is InChI=1S/C20H29ClN4O4/c1-8-9-14(22-6)10-16(13(2)21)25-12-15(18(26)28-7)24-17(25)11-23-19(27)29-20(3,4)5/h8-9,12-13,16H,1,6,10-11H2,2-5,7H3,(H,23,27)/b14-9+/t13?,16-/m1/s1. The molecule has 2 atom stereocenters. The molecule has 0 bridgehead atoms. The SMILES string of the molecule is C=C/C=C(\C[C@H](C(C)Cl)n1cc(C(=O)OC)nc1CNC(=O)OC(C)(C)C)N=C. The molecular formula is C20H29ClN4O4. The summed E-state index contributed by atoms with van der Waals surface area (Å²) in [6.45, 7) is 14.4. The lowest BCUT2D eigenvalue weighted by molar-refractivity contribution is 0.0520. The molecule has 0 saturated heterocycles. The maximum absolute atomic E-state index is 12.0. The van der Waals surface area contributed by atoms with Crippen LogP contribution in [0.25, 0.3) is 0 Å². The van der Waals surface area contributed by atoms with Gasteiger partial charge in [-0.05, 0) is 40.5 Å². The van der Waals surface area contributed by atoms with Crippen LogP contribution in [0.15, 0.2) is 35.6 Å². The van der Waals surface area contributed by atoms with E-state index in [1.165, 1.54) is 7.11 Å². The van der Waals surface area contributed by atoms with Crippen molar-refractivity contribution in [3.05, 3.63) is 42.1 Å². The summed E-state index contributed by atoms with van der Waals surface area (Å²) in [7, 11) is 1.27. The Labute approximate surface area is 176 Å². The molecule has 0 aliphatic heterocycles. The van der Waals surface area contributed by atoms with Crippen LogP contribution in [0, 0.1) is 0 Å². The fourth-order valence-electron chi connectivity index (χ4n) is 2.54. The number of allylic oxidation sites excluding steroid dienone is 3. The van der Waals surface area contributed by atoms with Crippen molar-refractivity contribution in [3.8, 4) is 0 Å².